The molecule has 0 aromatic carbocycles. The summed E-state index contributed by atoms with van der Waals surface area (Å²) in [7, 11) is 0. The van der Waals surface area contributed by atoms with Crippen LogP contribution in [0, 0.1) is 0 Å². The van der Waals surface area contributed by atoms with Crippen LogP contribution in [0.2, 0.25) is 0 Å². The van der Waals surface area contributed by atoms with Crippen LogP contribution in [-0.2, 0) is 4.79 Å². The zero-order valence-electron chi connectivity index (χ0n) is 12.9. The van der Waals surface area contributed by atoms with Crippen molar-refractivity contribution in [2.24, 2.45) is 0 Å². The molecule has 2 saturated heterocycles. The number of piperazine rings is 1. The summed E-state index contributed by atoms with van der Waals surface area (Å²) in [4.78, 5) is 22.8. The zero-order valence-corrected chi connectivity index (χ0v) is 12.9. The fourth-order valence-corrected chi connectivity index (χ4v) is 2.61. The van der Waals surface area contributed by atoms with Gasteiger partial charge in [0.05, 0.1) is 6.54 Å². The Bertz CT molecular complexity index is 431. The lowest BCUT2D eigenvalue weighted by Crippen LogP contribution is -2.45. The van der Waals surface area contributed by atoms with Gasteiger partial charge in [-0.3, -0.25) is 9.69 Å². The Morgan fingerprint density at radius 3 is 2.32 bits per heavy atom. The van der Waals surface area contributed by atoms with Crippen molar-refractivity contribution in [1.29, 1.82) is 0 Å². The van der Waals surface area contributed by atoms with Crippen LogP contribution in [0.15, 0.2) is 18.5 Å². The first-order valence-electron chi connectivity index (χ1n) is 7.92. The molecule has 2 N–H and O–H groups in total. The number of carboxylic acid groups (broad SMARTS) is 1. The maximum atomic E-state index is 10.2. The van der Waals surface area contributed by atoms with Crippen LogP contribution in [0.4, 0.5) is 5.95 Å². The maximum Gasteiger partial charge on any atom is 0.317 e. The first-order valence-corrected chi connectivity index (χ1v) is 7.92. The van der Waals surface area contributed by atoms with E-state index in [1.54, 1.807) is 12.4 Å². The van der Waals surface area contributed by atoms with Crippen molar-refractivity contribution in [3.8, 4) is 0 Å². The van der Waals surface area contributed by atoms with E-state index in [2.05, 4.69) is 20.2 Å². The lowest BCUT2D eigenvalue weighted by Gasteiger charge is -2.26. The minimum absolute atomic E-state index is 0.182. The average molecular weight is 307 g/mol. The van der Waals surface area contributed by atoms with Crippen LogP contribution in [0.3, 0.4) is 0 Å². The van der Waals surface area contributed by atoms with Crippen molar-refractivity contribution >= 4 is 11.9 Å². The van der Waals surface area contributed by atoms with Crippen LogP contribution in [0.1, 0.15) is 19.3 Å². The van der Waals surface area contributed by atoms with E-state index in [1.807, 2.05) is 11.0 Å². The molecule has 0 amide bonds. The van der Waals surface area contributed by atoms with E-state index in [0.717, 1.165) is 45.2 Å². The summed E-state index contributed by atoms with van der Waals surface area (Å²) in [6.45, 7) is 5.94. The quantitative estimate of drug-likeness (QED) is 0.838. The lowest BCUT2D eigenvalue weighted by molar-refractivity contribution is -0.138. The van der Waals surface area contributed by atoms with Gasteiger partial charge in [0.15, 0.2) is 0 Å². The number of piperidine rings is 1. The highest BCUT2D eigenvalue weighted by molar-refractivity contribution is 5.69. The van der Waals surface area contributed by atoms with Crippen LogP contribution in [0.5, 0.6) is 0 Å². The summed E-state index contributed by atoms with van der Waals surface area (Å²) in [6.07, 6.45) is 7.51. The van der Waals surface area contributed by atoms with Gasteiger partial charge in [0.25, 0.3) is 0 Å². The predicted molar refractivity (Wildman–Crippen MR) is 85.0 cm³/mol. The highest BCUT2D eigenvalue weighted by Crippen LogP contribution is 2.13. The predicted octanol–water partition coefficient (Wildman–Crippen LogP) is 0.443. The van der Waals surface area contributed by atoms with E-state index in [9.17, 15) is 4.79 Å². The second kappa shape index (κ2) is 9.32. The second-order valence-electron chi connectivity index (χ2n) is 5.52. The number of rotatable bonds is 3. The van der Waals surface area contributed by atoms with Crippen LogP contribution >= 0.6 is 0 Å². The Labute approximate surface area is 131 Å². The molecule has 2 aliphatic rings. The van der Waals surface area contributed by atoms with Crippen molar-refractivity contribution < 1.29 is 9.90 Å². The molecule has 3 heterocycles. The summed E-state index contributed by atoms with van der Waals surface area (Å²) < 4.78 is 0. The summed E-state index contributed by atoms with van der Waals surface area (Å²) in [5.41, 5.74) is 0. The molecule has 1 aromatic heterocycles. The van der Waals surface area contributed by atoms with Crippen molar-refractivity contribution in [2.75, 3.05) is 50.7 Å². The second-order valence-corrected chi connectivity index (χ2v) is 5.52. The van der Waals surface area contributed by atoms with Gasteiger partial charge >= 0.3 is 5.97 Å². The van der Waals surface area contributed by atoms with E-state index in [4.69, 9.17) is 5.11 Å². The third kappa shape index (κ3) is 5.95. The molecule has 3 rings (SSSR count). The fraction of sp³-hybridized carbons (Fsp3) is 0.667. The van der Waals surface area contributed by atoms with Crippen LogP contribution < -0.4 is 10.2 Å². The number of carboxylic acids is 1. The Morgan fingerprint density at radius 2 is 1.73 bits per heavy atom. The SMILES string of the molecule is O=C(O)CN1CCNCC1.c1cnc(N2CCCCC2)nc1. The molecule has 0 bridgehead atoms. The average Bonchev–Trinajstić information content (AvgIpc) is 2.57. The molecule has 1 aromatic rings. The van der Waals surface area contributed by atoms with E-state index in [-0.39, 0.29) is 6.54 Å². The fourth-order valence-electron chi connectivity index (χ4n) is 2.61. The topological polar surface area (TPSA) is 81.6 Å². The zero-order chi connectivity index (χ0) is 15.6. The molecule has 7 nitrogen and oxygen atoms in total. The largest absolute Gasteiger partial charge is 0.480 e. The molecule has 0 atom stereocenters. The number of anilines is 1. The Morgan fingerprint density at radius 1 is 1.09 bits per heavy atom. The molecule has 122 valence electrons. The molecule has 2 aliphatic heterocycles. The lowest BCUT2D eigenvalue weighted by atomic mass is 10.1. The molecule has 0 saturated carbocycles. The minimum atomic E-state index is -0.734. The van der Waals surface area contributed by atoms with Crippen molar-refractivity contribution in [1.82, 2.24) is 20.2 Å². The van der Waals surface area contributed by atoms with Crippen LogP contribution in [-0.4, -0.2) is 71.8 Å². The summed E-state index contributed by atoms with van der Waals surface area (Å²) in [5.74, 6) is 0.152. The third-order valence-electron chi connectivity index (χ3n) is 3.76. The summed E-state index contributed by atoms with van der Waals surface area (Å²) in [5, 5.41) is 11.6. The Hall–Kier alpha value is -1.73. The van der Waals surface area contributed by atoms with Gasteiger partial charge in [-0.05, 0) is 25.3 Å². The standard InChI is InChI=1S/C9H13N3.C6H12N2O2/c1-2-7-12(8-3-1)9-10-5-4-6-11-9;9-6(10)5-8-3-1-7-2-4-8/h4-6H,1-3,7-8H2;7H,1-5H2,(H,9,10). The number of hydrogen-bond acceptors (Lipinski definition) is 6. The minimum Gasteiger partial charge on any atom is -0.480 e. The van der Waals surface area contributed by atoms with Gasteiger partial charge < -0.3 is 15.3 Å². The van der Waals surface area contributed by atoms with Gasteiger partial charge in [0.2, 0.25) is 5.95 Å². The maximum absolute atomic E-state index is 10.2. The van der Waals surface area contributed by atoms with Gasteiger partial charge in [-0.1, -0.05) is 0 Å². The number of aromatic nitrogens is 2. The van der Waals surface area contributed by atoms with E-state index < -0.39 is 5.97 Å². The van der Waals surface area contributed by atoms with Gasteiger partial charge in [0, 0.05) is 51.7 Å². The van der Waals surface area contributed by atoms with Gasteiger partial charge in [0.1, 0.15) is 0 Å². The molecule has 0 radical (unpaired) electrons. The smallest absolute Gasteiger partial charge is 0.317 e. The molecular formula is C15H25N5O2. The van der Waals surface area contributed by atoms with E-state index in [0.29, 0.717) is 0 Å². The molecule has 22 heavy (non-hydrogen) atoms. The monoisotopic (exact) mass is 307 g/mol. The Balaban J connectivity index is 0.000000164. The number of nitrogens with zero attached hydrogens (tertiary/aromatic N) is 4. The van der Waals surface area contributed by atoms with Gasteiger partial charge in [-0.25, -0.2) is 9.97 Å². The highest BCUT2D eigenvalue weighted by Gasteiger charge is 2.12. The van der Waals surface area contributed by atoms with Crippen molar-refractivity contribution in [3.63, 3.8) is 0 Å². The number of nitrogens with one attached hydrogen (secondary N) is 1. The normalized spacial score (nSPS) is 19.2. The molecule has 0 spiro atoms. The van der Waals surface area contributed by atoms with Crippen molar-refractivity contribution in [2.45, 2.75) is 19.3 Å². The summed E-state index contributed by atoms with van der Waals surface area (Å²) >= 11 is 0. The van der Waals surface area contributed by atoms with Crippen molar-refractivity contribution in [3.05, 3.63) is 18.5 Å². The number of aliphatic carboxylic acids is 1. The van der Waals surface area contributed by atoms with E-state index >= 15 is 0 Å². The first kappa shape index (κ1) is 16.6. The molecule has 7 heteroatoms. The van der Waals surface area contributed by atoms with E-state index in [1.165, 1.54) is 19.3 Å². The molecule has 2 fully saturated rings. The number of hydrogen-bond donors (Lipinski definition) is 2. The highest BCUT2D eigenvalue weighted by atomic mass is 16.4. The Kier molecular flexibility index (Phi) is 7.05. The van der Waals surface area contributed by atoms with Gasteiger partial charge in [-0.15, -0.1) is 0 Å². The number of carbonyl (C=O) groups is 1. The first-order chi connectivity index (χ1) is 10.8. The summed E-state index contributed by atoms with van der Waals surface area (Å²) in [6, 6.07) is 1.85. The molecular weight excluding hydrogens is 282 g/mol. The van der Waals surface area contributed by atoms with Gasteiger partial charge in [-0.2, -0.15) is 0 Å². The third-order valence-corrected chi connectivity index (χ3v) is 3.76. The molecule has 0 aliphatic carbocycles. The van der Waals surface area contributed by atoms with Crippen LogP contribution in [0.25, 0.3) is 0 Å². The molecule has 0 unspecified atom stereocenters.